The van der Waals surface area contributed by atoms with Crippen molar-refractivity contribution in [2.45, 2.75) is 13.5 Å². The average Bonchev–Trinajstić information content (AvgIpc) is 3.17. The van der Waals surface area contributed by atoms with E-state index in [9.17, 15) is 4.79 Å². The Morgan fingerprint density at radius 1 is 1.07 bits per heavy atom. The van der Waals surface area contributed by atoms with Gasteiger partial charge in [0.2, 0.25) is 5.78 Å². The van der Waals surface area contributed by atoms with Crippen LogP contribution in [0.15, 0.2) is 60.8 Å². The van der Waals surface area contributed by atoms with Crippen molar-refractivity contribution >= 4 is 11.9 Å². The molecule has 0 aliphatic rings. The highest BCUT2D eigenvalue weighted by Crippen LogP contribution is 2.29. The van der Waals surface area contributed by atoms with E-state index >= 15 is 0 Å². The van der Waals surface area contributed by atoms with Crippen LogP contribution in [0.2, 0.25) is 0 Å². The first-order chi connectivity index (χ1) is 14.1. The smallest absolute Gasteiger partial charge is 0.203 e. The first kappa shape index (κ1) is 20.2. The summed E-state index contributed by atoms with van der Waals surface area (Å²) in [4.78, 5) is 12.3. The minimum Gasteiger partial charge on any atom is -0.496 e. The second kappa shape index (κ2) is 9.59. The van der Waals surface area contributed by atoms with Crippen LogP contribution in [-0.2, 0) is 13.7 Å². The van der Waals surface area contributed by atoms with Crippen molar-refractivity contribution in [3.05, 3.63) is 77.6 Å². The molecule has 0 fully saturated rings. The molecule has 1 heterocycles. The van der Waals surface area contributed by atoms with Crippen molar-refractivity contribution in [3.8, 4) is 17.2 Å². The van der Waals surface area contributed by atoms with Crippen molar-refractivity contribution in [2.75, 3.05) is 13.7 Å². The third-order valence-electron chi connectivity index (χ3n) is 4.34. The van der Waals surface area contributed by atoms with E-state index < -0.39 is 0 Å². The Hall–Kier alpha value is -3.54. The number of benzene rings is 2. The van der Waals surface area contributed by atoms with Crippen LogP contribution < -0.4 is 14.2 Å². The number of carbonyl (C=O) groups is 1. The number of methoxy groups -OCH3 is 1. The fraction of sp³-hybridized carbons (Fsp3) is 0.217. The SMILES string of the molecule is CCOc1ccccc1OCc1cc(/C=C/C(=O)c2ccnn2C)ccc1OC. The summed E-state index contributed by atoms with van der Waals surface area (Å²) in [5, 5.41) is 4.02. The minimum atomic E-state index is -0.107. The lowest BCUT2D eigenvalue weighted by Gasteiger charge is -2.14. The molecule has 0 unspecified atom stereocenters. The number of allylic oxidation sites excluding steroid dienone is 1. The highest BCUT2D eigenvalue weighted by Gasteiger charge is 2.09. The first-order valence-corrected chi connectivity index (χ1v) is 9.34. The van der Waals surface area contributed by atoms with Crippen LogP contribution in [-0.4, -0.2) is 29.3 Å². The topological polar surface area (TPSA) is 62.6 Å². The van der Waals surface area contributed by atoms with Crippen LogP contribution in [0.3, 0.4) is 0 Å². The van der Waals surface area contributed by atoms with Gasteiger partial charge < -0.3 is 14.2 Å². The monoisotopic (exact) mass is 392 g/mol. The summed E-state index contributed by atoms with van der Waals surface area (Å²) < 4.78 is 18.6. The second-order valence-corrected chi connectivity index (χ2v) is 6.28. The predicted octanol–water partition coefficient (Wildman–Crippen LogP) is 4.30. The van der Waals surface area contributed by atoms with Crippen molar-refractivity contribution in [2.24, 2.45) is 7.05 Å². The van der Waals surface area contributed by atoms with Crippen LogP contribution >= 0.6 is 0 Å². The number of hydrogen-bond acceptors (Lipinski definition) is 5. The predicted molar refractivity (Wildman–Crippen MR) is 112 cm³/mol. The third-order valence-corrected chi connectivity index (χ3v) is 4.34. The lowest BCUT2D eigenvalue weighted by atomic mass is 10.1. The van der Waals surface area contributed by atoms with Crippen molar-refractivity contribution in [1.29, 1.82) is 0 Å². The largest absolute Gasteiger partial charge is 0.496 e. The van der Waals surface area contributed by atoms with Gasteiger partial charge >= 0.3 is 0 Å². The number of hydrogen-bond donors (Lipinski definition) is 0. The summed E-state index contributed by atoms with van der Waals surface area (Å²) in [5.41, 5.74) is 2.28. The summed E-state index contributed by atoms with van der Waals surface area (Å²) in [6, 6.07) is 14.9. The van der Waals surface area contributed by atoms with E-state index in [1.54, 1.807) is 37.2 Å². The number of para-hydroxylation sites is 2. The van der Waals surface area contributed by atoms with E-state index in [-0.39, 0.29) is 5.78 Å². The Bertz CT molecular complexity index is 1010. The fourth-order valence-electron chi connectivity index (χ4n) is 2.89. The van der Waals surface area contributed by atoms with Crippen LogP contribution in [0.25, 0.3) is 6.08 Å². The molecule has 0 saturated heterocycles. The number of rotatable bonds is 9. The highest BCUT2D eigenvalue weighted by molar-refractivity contribution is 6.05. The van der Waals surface area contributed by atoms with Gasteiger partial charge in [0.05, 0.1) is 13.7 Å². The summed E-state index contributed by atoms with van der Waals surface area (Å²) in [6.45, 7) is 2.81. The van der Waals surface area contributed by atoms with Crippen molar-refractivity contribution < 1.29 is 19.0 Å². The molecule has 29 heavy (non-hydrogen) atoms. The number of nitrogens with zero attached hydrogens (tertiary/aromatic N) is 2. The van der Waals surface area contributed by atoms with Crippen LogP contribution in [0.4, 0.5) is 0 Å². The molecule has 2 aromatic carbocycles. The molecule has 0 radical (unpaired) electrons. The maximum Gasteiger partial charge on any atom is 0.203 e. The Morgan fingerprint density at radius 2 is 1.83 bits per heavy atom. The Balaban J connectivity index is 1.76. The van der Waals surface area contributed by atoms with Crippen molar-refractivity contribution in [1.82, 2.24) is 9.78 Å². The molecule has 0 saturated carbocycles. The molecule has 0 amide bonds. The number of ketones is 1. The Labute approximate surface area is 170 Å². The normalized spacial score (nSPS) is 10.9. The van der Waals surface area contributed by atoms with Gasteiger partial charge in [0.25, 0.3) is 0 Å². The molecular weight excluding hydrogens is 368 g/mol. The van der Waals surface area contributed by atoms with Gasteiger partial charge in [-0.2, -0.15) is 5.10 Å². The number of carbonyl (C=O) groups excluding carboxylic acids is 1. The van der Waals surface area contributed by atoms with E-state index in [4.69, 9.17) is 14.2 Å². The van der Waals surface area contributed by atoms with E-state index in [2.05, 4.69) is 5.10 Å². The van der Waals surface area contributed by atoms with Crippen LogP contribution in [0.5, 0.6) is 17.2 Å². The quantitative estimate of drug-likeness (QED) is 0.401. The van der Waals surface area contributed by atoms with Gasteiger partial charge in [0.1, 0.15) is 18.1 Å². The first-order valence-electron chi connectivity index (χ1n) is 9.34. The number of ether oxygens (including phenoxy) is 3. The lowest BCUT2D eigenvalue weighted by molar-refractivity contribution is 0.103. The Morgan fingerprint density at radius 3 is 2.48 bits per heavy atom. The minimum absolute atomic E-state index is 0.107. The second-order valence-electron chi connectivity index (χ2n) is 6.28. The van der Waals surface area contributed by atoms with E-state index in [0.717, 1.165) is 11.1 Å². The summed E-state index contributed by atoms with van der Waals surface area (Å²) >= 11 is 0. The van der Waals surface area contributed by atoms with Crippen LogP contribution in [0, 0.1) is 0 Å². The zero-order valence-electron chi connectivity index (χ0n) is 16.8. The molecule has 150 valence electrons. The van der Waals surface area contributed by atoms with E-state index in [1.165, 1.54) is 6.08 Å². The van der Waals surface area contributed by atoms with Gasteiger partial charge in [-0.05, 0) is 48.9 Å². The zero-order valence-corrected chi connectivity index (χ0v) is 16.8. The zero-order chi connectivity index (χ0) is 20.6. The molecule has 0 aliphatic carbocycles. The molecule has 0 N–H and O–H groups in total. The molecule has 0 spiro atoms. The van der Waals surface area contributed by atoms with Gasteiger partial charge in [-0.1, -0.05) is 24.3 Å². The average molecular weight is 392 g/mol. The molecule has 3 rings (SSSR count). The van der Waals surface area contributed by atoms with Gasteiger partial charge in [-0.3, -0.25) is 9.48 Å². The molecule has 1 aromatic heterocycles. The molecule has 0 atom stereocenters. The third kappa shape index (κ3) is 5.04. The number of aromatic nitrogens is 2. The maximum absolute atomic E-state index is 12.3. The maximum atomic E-state index is 12.3. The van der Waals surface area contributed by atoms with E-state index in [0.29, 0.717) is 36.2 Å². The molecule has 0 bridgehead atoms. The summed E-state index contributed by atoms with van der Waals surface area (Å²) in [6.07, 6.45) is 4.91. The molecule has 6 nitrogen and oxygen atoms in total. The summed E-state index contributed by atoms with van der Waals surface area (Å²) in [7, 11) is 3.36. The fourth-order valence-corrected chi connectivity index (χ4v) is 2.89. The molecule has 3 aromatic rings. The highest BCUT2D eigenvalue weighted by atomic mass is 16.5. The van der Waals surface area contributed by atoms with Gasteiger partial charge in [-0.25, -0.2) is 0 Å². The van der Waals surface area contributed by atoms with Crippen molar-refractivity contribution in [3.63, 3.8) is 0 Å². The van der Waals surface area contributed by atoms with Crippen LogP contribution in [0.1, 0.15) is 28.5 Å². The van der Waals surface area contributed by atoms with Gasteiger partial charge in [0, 0.05) is 18.8 Å². The Kier molecular flexibility index (Phi) is 6.68. The van der Waals surface area contributed by atoms with Gasteiger partial charge in [-0.15, -0.1) is 0 Å². The molecule has 6 heteroatoms. The molecule has 0 aliphatic heterocycles. The standard InChI is InChI=1S/C23H24N2O4/c1-4-28-22-7-5-6-8-23(22)29-16-18-15-17(10-12-21(18)27-3)9-11-20(26)19-13-14-24-25(19)2/h5-15H,4,16H2,1-3H3/b11-9+. The van der Waals surface area contributed by atoms with E-state index in [1.807, 2.05) is 49.4 Å². The number of aryl methyl sites for hydroxylation is 1. The summed E-state index contributed by atoms with van der Waals surface area (Å²) in [5.74, 6) is 1.98. The molecular formula is C23H24N2O4. The van der Waals surface area contributed by atoms with Gasteiger partial charge in [0.15, 0.2) is 11.5 Å². The lowest BCUT2D eigenvalue weighted by Crippen LogP contribution is -2.04.